The largest absolute Gasteiger partial charge is 0.379 e. The molecule has 3 atom stereocenters. The van der Waals surface area contributed by atoms with Gasteiger partial charge >= 0.3 is 6.03 Å². The van der Waals surface area contributed by atoms with E-state index >= 15 is 0 Å². The molecule has 2 heterocycles. The Bertz CT molecular complexity index is 426. The van der Waals surface area contributed by atoms with Crippen molar-refractivity contribution in [1.29, 1.82) is 0 Å². The average Bonchev–Trinajstić information content (AvgIpc) is 3.32. The van der Waals surface area contributed by atoms with Crippen LogP contribution in [0.4, 0.5) is 4.79 Å². The summed E-state index contributed by atoms with van der Waals surface area (Å²) in [6.45, 7) is 4.15. The van der Waals surface area contributed by atoms with Crippen LogP contribution in [0.15, 0.2) is 0 Å². The Morgan fingerprint density at radius 1 is 1.26 bits per heavy atom. The van der Waals surface area contributed by atoms with Gasteiger partial charge in [-0.25, -0.2) is 4.79 Å². The Labute approximate surface area is 138 Å². The predicted octanol–water partition coefficient (Wildman–Crippen LogP) is 0.689. The van der Waals surface area contributed by atoms with E-state index in [4.69, 9.17) is 14.2 Å². The summed E-state index contributed by atoms with van der Waals surface area (Å²) >= 11 is 0. The number of carbonyl (C=O) groups is 1. The van der Waals surface area contributed by atoms with Crippen LogP contribution in [0.25, 0.3) is 0 Å². The van der Waals surface area contributed by atoms with E-state index in [2.05, 4.69) is 22.5 Å². The number of likely N-dealkylation sites (tertiary alicyclic amines) is 1. The van der Waals surface area contributed by atoms with Crippen molar-refractivity contribution < 1.29 is 19.0 Å². The molecule has 3 aliphatic rings. The second-order valence-electron chi connectivity index (χ2n) is 6.92. The van der Waals surface area contributed by atoms with Crippen LogP contribution in [0, 0.1) is 0 Å². The molecule has 3 fully saturated rings. The normalized spacial score (nSPS) is 34.3. The van der Waals surface area contributed by atoms with E-state index in [1.807, 2.05) is 0 Å². The van der Waals surface area contributed by atoms with Crippen LogP contribution in [0.1, 0.15) is 32.6 Å². The number of carbonyl (C=O) groups excluding carboxylic acids is 1. The van der Waals surface area contributed by atoms with Gasteiger partial charge in [0, 0.05) is 45.3 Å². The first-order valence-electron chi connectivity index (χ1n) is 8.59. The zero-order valence-electron chi connectivity index (χ0n) is 14.3. The van der Waals surface area contributed by atoms with Gasteiger partial charge in [0.25, 0.3) is 0 Å². The van der Waals surface area contributed by atoms with Gasteiger partial charge in [-0.15, -0.1) is 0 Å². The second-order valence-corrected chi connectivity index (χ2v) is 6.92. The lowest BCUT2D eigenvalue weighted by Crippen LogP contribution is -2.62. The Hall–Kier alpha value is -0.890. The molecule has 3 rings (SSSR count). The number of rotatable bonds is 5. The molecule has 0 aromatic carbocycles. The van der Waals surface area contributed by atoms with Crippen molar-refractivity contribution in [3.8, 4) is 0 Å². The summed E-state index contributed by atoms with van der Waals surface area (Å²) in [5, 5.41) is 6.07. The fraction of sp³-hybridized carbons (Fsp3) is 0.938. The summed E-state index contributed by atoms with van der Waals surface area (Å²) in [5.74, 6) is -0.807. The molecule has 0 radical (unpaired) electrons. The molecule has 3 unspecified atom stereocenters. The van der Waals surface area contributed by atoms with Crippen LogP contribution < -0.4 is 10.6 Å². The number of hydrogen-bond acceptors (Lipinski definition) is 5. The summed E-state index contributed by atoms with van der Waals surface area (Å²) in [7, 11) is 3.21. The molecule has 2 saturated heterocycles. The maximum atomic E-state index is 12.4. The molecule has 1 aliphatic carbocycles. The maximum Gasteiger partial charge on any atom is 0.315 e. The molecule has 0 aromatic rings. The molecule has 0 aromatic heterocycles. The standard InChI is InChI=1S/C16H29N3O4/c1-11-8-12(9-19(11)13-4-5-13)17-15(20)18-14-10-23-7-6-16(14,21-2)22-3/h11-14H,4-10H2,1-3H3,(H2,17,18,20). The fourth-order valence-electron chi connectivity index (χ4n) is 3.90. The highest BCUT2D eigenvalue weighted by atomic mass is 16.7. The molecule has 2 aliphatic heterocycles. The summed E-state index contributed by atoms with van der Waals surface area (Å²) < 4.78 is 16.5. The minimum absolute atomic E-state index is 0.172. The minimum atomic E-state index is -0.807. The first-order valence-corrected chi connectivity index (χ1v) is 8.59. The summed E-state index contributed by atoms with van der Waals surface area (Å²) in [6, 6.07) is 0.997. The highest BCUT2D eigenvalue weighted by Crippen LogP contribution is 2.33. The molecule has 0 spiro atoms. The van der Waals surface area contributed by atoms with Crippen molar-refractivity contribution in [3.63, 3.8) is 0 Å². The number of methoxy groups -OCH3 is 2. The highest BCUT2D eigenvalue weighted by molar-refractivity contribution is 5.74. The zero-order chi connectivity index (χ0) is 16.4. The Balaban J connectivity index is 1.52. The molecular weight excluding hydrogens is 298 g/mol. The number of amides is 2. The van der Waals surface area contributed by atoms with Crippen LogP contribution in [-0.2, 0) is 14.2 Å². The van der Waals surface area contributed by atoms with Gasteiger partial charge in [0.1, 0.15) is 6.04 Å². The molecule has 7 heteroatoms. The predicted molar refractivity (Wildman–Crippen MR) is 85.2 cm³/mol. The van der Waals surface area contributed by atoms with Gasteiger partial charge in [0.15, 0.2) is 5.79 Å². The van der Waals surface area contributed by atoms with Gasteiger partial charge in [0.2, 0.25) is 0 Å². The fourth-order valence-corrected chi connectivity index (χ4v) is 3.90. The van der Waals surface area contributed by atoms with Gasteiger partial charge in [-0.3, -0.25) is 4.90 Å². The number of hydrogen-bond donors (Lipinski definition) is 2. The summed E-state index contributed by atoms with van der Waals surface area (Å²) in [4.78, 5) is 14.9. The van der Waals surface area contributed by atoms with Gasteiger partial charge in [-0.05, 0) is 26.2 Å². The first-order chi connectivity index (χ1) is 11.1. The van der Waals surface area contributed by atoms with Crippen molar-refractivity contribution in [1.82, 2.24) is 15.5 Å². The van der Waals surface area contributed by atoms with Crippen molar-refractivity contribution >= 4 is 6.03 Å². The number of ether oxygens (including phenoxy) is 3. The second kappa shape index (κ2) is 6.93. The third kappa shape index (κ3) is 3.63. The first kappa shape index (κ1) is 17.0. The third-order valence-electron chi connectivity index (χ3n) is 5.38. The van der Waals surface area contributed by atoms with Crippen molar-refractivity contribution in [3.05, 3.63) is 0 Å². The van der Waals surface area contributed by atoms with Crippen molar-refractivity contribution in [2.45, 2.75) is 62.6 Å². The van der Waals surface area contributed by atoms with Gasteiger partial charge in [-0.1, -0.05) is 0 Å². The molecule has 2 amide bonds. The lowest BCUT2D eigenvalue weighted by Gasteiger charge is -2.41. The van der Waals surface area contributed by atoms with Crippen molar-refractivity contribution in [2.24, 2.45) is 0 Å². The van der Waals surface area contributed by atoms with Crippen LogP contribution in [-0.4, -0.2) is 74.9 Å². The van der Waals surface area contributed by atoms with Crippen LogP contribution in [0.5, 0.6) is 0 Å². The SMILES string of the molecule is COC1(OC)CCOCC1NC(=O)NC1CC(C)N(C2CC2)C1. The third-order valence-corrected chi connectivity index (χ3v) is 5.38. The quantitative estimate of drug-likeness (QED) is 0.727. The highest BCUT2D eigenvalue weighted by Gasteiger charge is 2.44. The number of urea groups is 1. The molecule has 2 N–H and O–H groups in total. The van der Waals surface area contributed by atoms with Crippen LogP contribution >= 0.6 is 0 Å². The van der Waals surface area contributed by atoms with Gasteiger partial charge < -0.3 is 24.8 Å². The molecule has 0 bridgehead atoms. The summed E-state index contributed by atoms with van der Waals surface area (Å²) in [6.07, 6.45) is 4.20. The lowest BCUT2D eigenvalue weighted by molar-refractivity contribution is -0.256. The smallest absolute Gasteiger partial charge is 0.315 e. The number of nitrogens with one attached hydrogen (secondary N) is 2. The topological polar surface area (TPSA) is 72.1 Å². The molecule has 23 heavy (non-hydrogen) atoms. The van der Waals surface area contributed by atoms with Crippen LogP contribution in [0.2, 0.25) is 0 Å². The maximum absolute atomic E-state index is 12.4. The molecule has 1 saturated carbocycles. The monoisotopic (exact) mass is 327 g/mol. The molecule has 132 valence electrons. The Kier molecular flexibility index (Phi) is 5.10. The van der Waals surface area contributed by atoms with E-state index in [9.17, 15) is 4.79 Å². The molecular formula is C16H29N3O4. The lowest BCUT2D eigenvalue weighted by atomic mass is 10.0. The van der Waals surface area contributed by atoms with E-state index in [-0.39, 0.29) is 18.1 Å². The van der Waals surface area contributed by atoms with E-state index in [0.29, 0.717) is 25.7 Å². The summed E-state index contributed by atoms with van der Waals surface area (Å²) in [5.41, 5.74) is 0. The van der Waals surface area contributed by atoms with Crippen molar-refractivity contribution in [2.75, 3.05) is 34.0 Å². The molecule has 7 nitrogen and oxygen atoms in total. The minimum Gasteiger partial charge on any atom is -0.379 e. The van der Waals surface area contributed by atoms with Gasteiger partial charge in [-0.2, -0.15) is 0 Å². The average molecular weight is 327 g/mol. The van der Waals surface area contributed by atoms with E-state index < -0.39 is 5.79 Å². The van der Waals surface area contributed by atoms with E-state index in [1.165, 1.54) is 12.8 Å². The zero-order valence-corrected chi connectivity index (χ0v) is 14.3. The van der Waals surface area contributed by atoms with E-state index in [0.717, 1.165) is 19.0 Å². The van der Waals surface area contributed by atoms with Crippen LogP contribution in [0.3, 0.4) is 0 Å². The van der Waals surface area contributed by atoms with Gasteiger partial charge in [0.05, 0.1) is 13.2 Å². The number of nitrogens with zero attached hydrogens (tertiary/aromatic N) is 1. The van der Waals surface area contributed by atoms with E-state index in [1.54, 1.807) is 14.2 Å². The Morgan fingerprint density at radius 2 is 2.00 bits per heavy atom. The Morgan fingerprint density at radius 3 is 2.65 bits per heavy atom.